The molecule has 3 nitrogen and oxygen atoms in total. The minimum Gasteiger partial charge on any atom is -0.390 e. The summed E-state index contributed by atoms with van der Waals surface area (Å²) < 4.78 is 0. The molecule has 0 amide bonds. The molecule has 0 saturated heterocycles. The van der Waals surface area contributed by atoms with Crippen molar-refractivity contribution in [3.63, 3.8) is 0 Å². The van der Waals surface area contributed by atoms with Gasteiger partial charge in [-0.3, -0.25) is 0 Å². The second kappa shape index (κ2) is 6.27. The third kappa shape index (κ3) is 8.12. The lowest BCUT2D eigenvalue weighted by molar-refractivity contribution is 0.0695. The largest absolute Gasteiger partial charge is 0.390 e. The van der Waals surface area contributed by atoms with Gasteiger partial charge in [-0.2, -0.15) is 5.10 Å². The van der Waals surface area contributed by atoms with Crippen molar-refractivity contribution in [2.24, 2.45) is 5.10 Å². The molecule has 0 radical (unpaired) electrons. The van der Waals surface area contributed by atoms with E-state index in [2.05, 4.69) is 10.5 Å². The van der Waals surface area contributed by atoms with E-state index in [-0.39, 0.29) is 0 Å². The van der Waals surface area contributed by atoms with Crippen molar-refractivity contribution >= 4 is 16.8 Å². The van der Waals surface area contributed by atoms with E-state index in [9.17, 15) is 5.11 Å². The maximum atomic E-state index is 9.47. The lowest BCUT2D eigenvalue weighted by Crippen LogP contribution is -2.18. The fourth-order valence-corrected chi connectivity index (χ4v) is 1.53. The van der Waals surface area contributed by atoms with Gasteiger partial charge in [0, 0.05) is 7.05 Å². The minimum absolute atomic E-state index is 0.552. The lowest BCUT2D eigenvalue weighted by Gasteiger charge is -2.16. The van der Waals surface area contributed by atoms with Crippen LogP contribution in [-0.4, -0.2) is 29.1 Å². The van der Waals surface area contributed by atoms with Gasteiger partial charge in [0.2, 0.25) is 0 Å². The molecular weight excluding hydrogens is 184 g/mol. The summed E-state index contributed by atoms with van der Waals surface area (Å²) >= 11 is 1.65. The van der Waals surface area contributed by atoms with Gasteiger partial charge in [-0.25, -0.2) is 0 Å². The summed E-state index contributed by atoms with van der Waals surface area (Å²) in [4.78, 5) is 0. The van der Waals surface area contributed by atoms with Crippen molar-refractivity contribution in [1.29, 1.82) is 0 Å². The average molecular weight is 204 g/mol. The Hall–Kier alpha value is -0.220. The molecule has 0 rings (SSSR count). The predicted molar refractivity (Wildman–Crippen MR) is 60.2 cm³/mol. The Labute approximate surface area is 85.0 Å². The highest BCUT2D eigenvalue weighted by atomic mass is 32.2. The van der Waals surface area contributed by atoms with Gasteiger partial charge >= 0.3 is 0 Å². The van der Waals surface area contributed by atoms with Crippen LogP contribution in [0.2, 0.25) is 0 Å². The maximum absolute atomic E-state index is 9.47. The van der Waals surface area contributed by atoms with Crippen LogP contribution in [0.3, 0.4) is 0 Å². The smallest absolute Gasteiger partial charge is 0.0928 e. The van der Waals surface area contributed by atoms with Crippen LogP contribution in [0.15, 0.2) is 5.10 Å². The van der Waals surface area contributed by atoms with Crippen LogP contribution < -0.4 is 5.43 Å². The molecule has 0 atom stereocenters. The van der Waals surface area contributed by atoms with Crippen molar-refractivity contribution in [2.75, 3.05) is 13.3 Å². The summed E-state index contributed by atoms with van der Waals surface area (Å²) in [6.07, 6.45) is 4.74. The maximum Gasteiger partial charge on any atom is 0.0928 e. The van der Waals surface area contributed by atoms with E-state index in [0.717, 1.165) is 24.3 Å². The van der Waals surface area contributed by atoms with E-state index >= 15 is 0 Å². The third-order valence-corrected chi connectivity index (χ3v) is 2.42. The Morgan fingerprint density at radius 2 is 2.15 bits per heavy atom. The molecule has 0 aromatic heterocycles. The van der Waals surface area contributed by atoms with Crippen LogP contribution in [0.4, 0.5) is 0 Å². The number of hydrogen-bond acceptors (Lipinski definition) is 4. The summed E-state index contributed by atoms with van der Waals surface area (Å²) in [5.74, 6) is 0. The zero-order valence-electron chi connectivity index (χ0n) is 8.92. The van der Waals surface area contributed by atoms with Gasteiger partial charge in [0.15, 0.2) is 0 Å². The molecule has 0 bridgehead atoms. The molecule has 0 aliphatic rings. The van der Waals surface area contributed by atoms with E-state index in [1.807, 2.05) is 20.1 Å². The number of hydrogen-bond donors (Lipinski definition) is 2. The highest BCUT2D eigenvalue weighted by Crippen LogP contribution is 2.14. The number of thioether (sulfide) groups is 1. The van der Waals surface area contributed by atoms with Gasteiger partial charge in [-0.1, -0.05) is 0 Å². The Morgan fingerprint density at radius 1 is 1.54 bits per heavy atom. The van der Waals surface area contributed by atoms with E-state index in [1.54, 1.807) is 18.8 Å². The molecule has 2 N–H and O–H groups in total. The summed E-state index contributed by atoms with van der Waals surface area (Å²) in [5.41, 5.74) is 2.22. The fraction of sp³-hybridized carbons (Fsp3) is 0.889. The van der Waals surface area contributed by atoms with Crippen molar-refractivity contribution in [1.82, 2.24) is 5.43 Å². The Morgan fingerprint density at radius 3 is 2.54 bits per heavy atom. The van der Waals surface area contributed by atoms with Crippen molar-refractivity contribution in [2.45, 2.75) is 38.7 Å². The number of hydrazone groups is 1. The average Bonchev–Trinajstić information content (AvgIpc) is 2.01. The molecule has 4 heteroatoms. The van der Waals surface area contributed by atoms with Gasteiger partial charge in [0.25, 0.3) is 0 Å². The molecule has 13 heavy (non-hydrogen) atoms. The first-order chi connectivity index (χ1) is 5.99. The van der Waals surface area contributed by atoms with E-state index in [1.165, 1.54) is 0 Å². The summed E-state index contributed by atoms with van der Waals surface area (Å²) in [7, 11) is 1.80. The molecule has 0 aromatic carbocycles. The monoisotopic (exact) mass is 204 g/mol. The molecule has 78 valence electrons. The van der Waals surface area contributed by atoms with Crippen LogP contribution >= 0.6 is 11.8 Å². The normalized spacial score (nSPS) is 13.2. The summed E-state index contributed by atoms with van der Waals surface area (Å²) in [6, 6.07) is 0. The summed E-state index contributed by atoms with van der Waals surface area (Å²) in [5, 5.41) is 14.7. The van der Waals surface area contributed by atoms with Gasteiger partial charge in [-0.05, 0) is 39.4 Å². The van der Waals surface area contributed by atoms with E-state index < -0.39 is 5.60 Å². The van der Waals surface area contributed by atoms with Crippen LogP contribution in [0, 0.1) is 0 Å². The molecule has 0 fully saturated rings. The molecule has 0 aromatic rings. The lowest BCUT2D eigenvalue weighted by atomic mass is 10.0. The van der Waals surface area contributed by atoms with Crippen LogP contribution in [0.5, 0.6) is 0 Å². The predicted octanol–water partition coefficient (Wildman–Crippen LogP) is 1.82. The van der Waals surface area contributed by atoms with Crippen molar-refractivity contribution in [3.05, 3.63) is 0 Å². The minimum atomic E-state index is -0.552. The van der Waals surface area contributed by atoms with E-state index in [0.29, 0.717) is 0 Å². The second-order valence-corrected chi connectivity index (χ2v) is 4.48. The standard InChI is InChI=1S/C9H20N2OS/c1-9(2,12)7-5-6-8(13-4)11-10-3/h10,12H,5-7H2,1-4H3/b11-8-. The molecule has 0 aliphatic carbocycles. The highest BCUT2D eigenvalue weighted by molar-refractivity contribution is 8.13. The number of nitrogens with one attached hydrogen (secondary N) is 1. The second-order valence-electron chi connectivity index (χ2n) is 3.60. The molecule has 0 spiro atoms. The first-order valence-corrected chi connectivity index (χ1v) is 5.72. The van der Waals surface area contributed by atoms with Gasteiger partial charge in [0.05, 0.1) is 10.6 Å². The van der Waals surface area contributed by atoms with Gasteiger partial charge in [0.1, 0.15) is 0 Å². The van der Waals surface area contributed by atoms with Crippen LogP contribution in [0.25, 0.3) is 0 Å². The van der Waals surface area contributed by atoms with Gasteiger partial charge < -0.3 is 10.5 Å². The number of aliphatic hydroxyl groups is 1. The molecule has 0 heterocycles. The molecule has 0 unspecified atom stereocenters. The van der Waals surface area contributed by atoms with E-state index in [4.69, 9.17) is 0 Å². The zero-order valence-corrected chi connectivity index (χ0v) is 9.74. The fourth-order valence-electron chi connectivity index (χ4n) is 1.00. The summed E-state index contributed by atoms with van der Waals surface area (Å²) in [6.45, 7) is 3.67. The SMILES string of the molecule is CN/N=C(/CCCC(C)(C)O)SC. The Bertz CT molecular complexity index is 163. The first-order valence-electron chi connectivity index (χ1n) is 4.49. The van der Waals surface area contributed by atoms with Crippen molar-refractivity contribution in [3.8, 4) is 0 Å². The van der Waals surface area contributed by atoms with Crippen LogP contribution in [-0.2, 0) is 0 Å². The number of nitrogens with zero attached hydrogens (tertiary/aromatic N) is 1. The van der Waals surface area contributed by atoms with Crippen molar-refractivity contribution < 1.29 is 5.11 Å². The van der Waals surface area contributed by atoms with Gasteiger partial charge in [-0.15, -0.1) is 11.8 Å². The highest BCUT2D eigenvalue weighted by Gasteiger charge is 2.11. The topological polar surface area (TPSA) is 44.6 Å². The first kappa shape index (κ1) is 12.8. The quantitative estimate of drug-likeness (QED) is 0.408. The van der Waals surface area contributed by atoms with Crippen LogP contribution in [0.1, 0.15) is 33.1 Å². The Kier molecular flexibility index (Phi) is 6.16. The molecular formula is C9H20N2OS. The Balaban J connectivity index is 3.68. The zero-order chi connectivity index (χ0) is 10.3. The molecule has 0 saturated carbocycles. The number of rotatable bonds is 5. The molecule has 0 aliphatic heterocycles. The third-order valence-electron chi connectivity index (χ3n) is 1.65.